The molecule has 0 spiro atoms. The lowest BCUT2D eigenvalue weighted by Gasteiger charge is -2.32. The highest BCUT2D eigenvalue weighted by Gasteiger charge is 2.30. The largest absolute Gasteiger partial charge is 0.484 e. The fourth-order valence-electron chi connectivity index (χ4n) is 3.56. The molecule has 9 heteroatoms. The van der Waals surface area contributed by atoms with Gasteiger partial charge in [0.2, 0.25) is 11.8 Å². The Hall–Kier alpha value is -3.10. The van der Waals surface area contributed by atoms with Crippen molar-refractivity contribution in [3.05, 3.63) is 24.3 Å². The van der Waals surface area contributed by atoms with Gasteiger partial charge in [0.1, 0.15) is 5.75 Å². The van der Waals surface area contributed by atoms with E-state index < -0.39 is 0 Å². The highest BCUT2D eigenvalue weighted by molar-refractivity contribution is 5.94. The second kappa shape index (κ2) is 11.0. The average Bonchev–Trinajstić information content (AvgIpc) is 3.63. The van der Waals surface area contributed by atoms with Gasteiger partial charge in [-0.1, -0.05) is 6.07 Å². The fourth-order valence-corrected chi connectivity index (χ4v) is 3.56. The number of piperidine rings is 1. The molecule has 9 nitrogen and oxygen atoms in total. The lowest BCUT2D eigenvalue weighted by molar-refractivity contribution is -0.152. The molecule has 0 radical (unpaired) electrons. The third-order valence-electron chi connectivity index (χ3n) is 5.60. The fraction of sp³-hybridized carbons (Fsp3) is 0.565. The van der Waals surface area contributed by atoms with Crippen molar-refractivity contribution in [2.45, 2.75) is 32.6 Å². The predicted octanol–water partition coefficient (Wildman–Crippen LogP) is 1.67. The van der Waals surface area contributed by atoms with Gasteiger partial charge in [-0.05, 0) is 44.7 Å². The molecule has 2 aliphatic rings. The third kappa shape index (κ3) is 6.70. The molecule has 1 aromatic rings. The molecule has 2 fully saturated rings. The highest BCUT2D eigenvalue weighted by Crippen LogP contribution is 2.30. The first-order chi connectivity index (χ1) is 15.4. The van der Waals surface area contributed by atoms with Crippen molar-refractivity contribution in [2.75, 3.05) is 45.2 Å². The van der Waals surface area contributed by atoms with Gasteiger partial charge in [-0.25, -0.2) is 0 Å². The number of amides is 3. The summed E-state index contributed by atoms with van der Waals surface area (Å²) in [6, 6.07) is 6.88. The van der Waals surface area contributed by atoms with Gasteiger partial charge >= 0.3 is 5.97 Å². The molecule has 0 bridgehead atoms. The quantitative estimate of drug-likeness (QED) is 0.580. The number of ether oxygens (including phenoxy) is 2. The van der Waals surface area contributed by atoms with Gasteiger partial charge in [0.05, 0.1) is 19.1 Å². The van der Waals surface area contributed by atoms with Crippen molar-refractivity contribution >= 4 is 29.4 Å². The maximum absolute atomic E-state index is 12.6. The maximum Gasteiger partial charge on any atom is 0.310 e. The number of hydrogen-bond acceptors (Lipinski definition) is 6. The Bertz CT molecular complexity index is 854. The summed E-state index contributed by atoms with van der Waals surface area (Å²) in [6.45, 7) is 2.63. The van der Waals surface area contributed by atoms with E-state index in [1.165, 1.54) is 4.90 Å². The molecule has 1 unspecified atom stereocenters. The number of hydrogen-bond donors (Lipinski definition) is 1. The van der Waals surface area contributed by atoms with Gasteiger partial charge in [-0.2, -0.15) is 0 Å². The van der Waals surface area contributed by atoms with Crippen LogP contribution in [0, 0.1) is 11.8 Å². The van der Waals surface area contributed by atoms with E-state index in [0.29, 0.717) is 37.6 Å². The Morgan fingerprint density at radius 3 is 2.66 bits per heavy atom. The molecule has 1 saturated carbocycles. The van der Waals surface area contributed by atoms with E-state index in [2.05, 4.69) is 5.32 Å². The van der Waals surface area contributed by atoms with E-state index in [4.69, 9.17) is 9.47 Å². The van der Waals surface area contributed by atoms with Crippen LogP contribution in [0.4, 0.5) is 5.69 Å². The molecular formula is C23H31N3O6. The number of rotatable bonds is 9. The molecule has 1 aromatic carbocycles. The topological polar surface area (TPSA) is 105 Å². The number of nitrogens with one attached hydrogen (secondary N) is 1. The standard InChI is InChI=1S/C23H31N3O6/c1-3-31-23(30)17-6-5-11-26(13-17)20(27)14-25(2)21(28)15-32-19-8-4-7-18(12-19)24-22(29)16-9-10-16/h4,7-8,12,16-17H,3,5-6,9-11,13-15H2,1-2H3,(H,24,29). The van der Waals surface area contributed by atoms with Gasteiger partial charge in [0.25, 0.3) is 5.91 Å². The van der Waals surface area contributed by atoms with Crippen LogP contribution < -0.4 is 10.1 Å². The van der Waals surface area contributed by atoms with Crippen molar-refractivity contribution in [1.29, 1.82) is 0 Å². The summed E-state index contributed by atoms with van der Waals surface area (Å²) in [7, 11) is 1.54. The van der Waals surface area contributed by atoms with E-state index in [-0.39, 0.29) is 48.7 Å². The number of esters is 1. The molecule has 1 saturated heterocycles. The minimum absolute atomic E-state index is 0.000574. The Balaban J connectivity index is 1.44. The van der Waals surface area contributed by atoms with Crippen LogP contribution in [0.2, 0.25) is 0 Å². The smallest absolute Gasteiger partial charge is 0.310 e. The molecular weight excluding hydrogens is 414 g/mol. The molecule has 1 atom stereocenters. The van der Waals surface area contributed by atoms with E-state index in [1.54, 1.807) is 43.1 Å². The number of carbonyl (C=O) groups excluding carboxylic acids is 4. The minimum Gasteiger partial charge on any atom is -0.484 e. The van der Waals surface area contributed by atoms with Crippen LogP contribution in [0.3, 0.4) is 0 Å². The molecule has 174 valence electrons. The van der Waals surface area contributed by atoms with Crippen LogP contribution >= 0.6 is 0 Å². The highest BCUT2D eigenvalue weighted by atomic mass is 16.5. The SMILES string of the molecule is CCOC(=O)C1CCCN(C(=O)CN(C)C(=O)COc2cccc(NC(=O)C3CC3)c2)C1. The van der Waals surface area contributed by atoms with Crippen LogP contribution in [0.1, 0.15) is 32.6 Å². The van der Waals surface area contributed by atoms with E-state index in [0.717, 1.165) is 19.3 Å². The van der Waals surface area contributed by atoms with Crippen LogP contribution in [-0.4, -0.2) is 73.4 Å². The monoisotopic (exact) mass is 445 g/mol. The van der Waals surface area contributed by atoms with Crippen molar-refractivity contribution < 1.29 is 28.7 Å². The lowest BCUT2D eigenvalue weighted by atomic mass is 9.98. The number of nitrogens with zero attached hydrogens (tertiary/aromatic N) is 2. The normalized spacial score (nSPS) is 17.9. The Labute approximate surface area is 188 Å². The minimum atomic E-state index is -0.343. The molecule has 1 N–H and O–H groups in total. The first kappa shape index (κ1) is 23.6. The summed E-state index contributed by atoms with van der Waals surface area (Å²) in [5, 5.41) is 2.84. The van der Waals surface area contributed by atoms with Gasteiger partial charge in [0.15, 0.2) is 6.61 Å². The van der Waals surface area contributed by atoms with Gasteiger partial charge < -0.3 is 24.6 Å². The van der Waals surface area contributed by atoms with E-state index in [9.17, 15) is 19.2 Å². The van der Waals surface area contributed by atoms with E-state index in [1.807, 2.05) is 0 Å². The number of anilines is 1. The zero-order chi connectivity index (χ0) is 23.1. The molecule has 0 aromatic heterocycles. The van der Waals surface area contributed by atoms with Crippen molar-refractivity contribution in [3.8, 4) is 5.75 Å². The number of benzene rings is 1. The van der Waals surface area contributed by atoms with Crippen molar-refractivity contribution in [2.24, 2.45) is 11.8 Å². The van der Waals surface area contributed by atoms with Crippen LogP contribution in [-0.2, 0) is 23.9 Å². The molecule has 3 amide bonds. The first-order valence-corrected chi connectivity index (χ1v) is 11.1. The molecule has 1 heterocycles. The number of likely N-dealkylation sites (tertiary alicyclic amines) is 1. The van der Waals surface area contributed by atoms with Crippen LogP contribution in [0.25, 0.3) is 0 Å². The summed E-state index contributed by atoms with van der Waals surface area (Å²) >= 11 is 0. The van der Waals surface area contributed by atoms with Crippen molar-refractivity contribution in [1.82, 2.24) is 9.80 Å². The average molecular weight is 446 g/mol. The third-order valence-corrected chi connectivity index (χ3v) is 5.60. The second-order valence-corrected chi connectivity index (χ2v) is 8.26. The summed E-state index contributed by atoms with van der Waals surface area (Å²) in [4.78, 5) is 51.8. The summed E-state index contributed by atoms with van der Waals surface area (Å²) in [6.07, 6.45) is 3.26. The summed E-state index contributed by atoms with van der Waals surface area (Å²) in [5.41, 5.74) is 0.622. The Kier molecular flexibility index (Phi) is 8.08. The van der Waals surface area contributed by atoms with Crippen LogP contribution in [0.15, 0.2) is 24.3 Å². The molecule has 1 aliphatic carbocycles. The lowest BCUT2D eigenvalue weighted by Crippen LogP contribution is -2.47. The summed E-state index contributed by atoms with van der Waals surface area (Å²) < 4.78 is 10.6. The Morgan fingerprint density at radius 2 is 1.94 bits per heavy atom. The Morgan fingerprint density at radius 1 is 1.16 bits per heavy atom. The molecule has 32 heavy (non-hydrogen) atoms. The molecule has 3 rings (SSSR count). The van der Waals surface area contributed by atoms with Gasteiger partial charge in [-0.3, -0.25) is 19.2 Å². The maximum atomic E-state index is 12.6. The number of likely N-dealkylation sites (N-methyl/N-ethyl adjacent to an activating group) is 1. The van der Waals surface area contributed by atoms with Gasteiger partial charge in [0, 0.05) is 37.8 Å². The zero-order valence-electron chi connectivity index (χ0n) is 18.7. The van der Waals surface area contributed by atoms with Crippen LogP contribution in [0.5, 0.6) is 5.75 Å². The predicted molar refractivity (Wildman–Crippen MR) is 117 cm³/mol. The summed E-state index contributed by atoms with van der Waals surface area (Å²) in [5.74, 6) is -0.591. The van der Waals surface area contributed by atoms with Crippen molar-refractivity contribution in [3.63, 3.8) is 0 Å². The zero-order valence-corrected chi connectivity index (χ0v) is 18.7. The molecule has 1 aliphatic heterocycles. The second-order valence-electron chi connectivity index (χ2n) is 8.26. The van der Waals surface area contributed by atoms with Gasteiger partial charge in [-0.15, -0.1) is 0 Å². The number of carbonyl (C=O) groups is 4. The first-order valence-electron chi connectivity index (χ1n) is 11.1. The van der Waals surface area contributed by atoms with E-state index >= 15 is 0 Å².